The maximum absolute atomic E-state index is 11.6. The molecule has 1 heterocycles. The van der Waals surface area contributed by atoms with Gasteiger partial charge in [0, 0.05) is 13.1 Å². The second-order valence-electron chi connectivity index (χ2n) is 4.20. The van der Waals surface area contributed by atoms with E-state index in [4.69, 9.17) is 5.26 Å². The lowest BCUT2D eigenvalue weighted by atomic mass is 9.91. The zero-order valence-corrected chi connectivity index (χ0v) is 11.1. The van der Waals surface area contributed by atoms with Crippen LogP contribution in [0.25, 0.3) is 0 Å². The van der Waals surface area contributed by atoms with Crippen molar-refractivity contribution >= 4 is 16.3 Å². The van der Waals surface area contributed by atoms with Crippen LogP contribution in [0.3, 0.4) is 0 Å². The summed E-state index contributed by atoms with van der Waals surface area (Å²) >= 11 is 0. The quantitative estimate of drug-likeness (QED) is 0.695. The first kappa shape index (κ1) is 14.7. The molecule has 1 rings (SSSR count). The summed E-state index contributed by atoms with van der Waals surface area (Å²) in [7, 11) is -1.15. The maximum atomic E-state index is 11.6. The number of carbonyl (C=O) groups excluding carboxylic acids is 1. The fraction of sp³-hybridized carbons (Fsp3) is 0.778. The molecule has 9 heteroatoms. The van der Waals surface area contributed by atoms with Gasteiger partial charge in [-0.05, 0) is 19.9 Å². The van der Waals surface area contributed by atoms with Crippen molar-refractivity contribution in [1.82, 2.24) is 14.3 Å². The Hall–Kier alpha value is -1.37. The molecule has 1 saturated heterocycles. The zero-order chi connectivity index (χ0) is 13.8. The normalized spacial score (nSPS) is 19.8. The van der Waals surface area contributed by atoms with E-state index in [0.29, 0.717) is 25.9 Å². The van der Waals surface area contributed by atoms with Gasteiger partial charge in [0.1, 0.15) is 5.54 Å². The van der Waals surface area contributed by atoms with Crippen LogP contribution >= 0.6 is 0 Å². The van der Waals surface area contributed by atoms with Crippen molar-refractivity contribution in [3.05, 3.63) is 0 Å². The summed E-state index contributed by atoms with van der Waals surface area (Å²) in [6, 6.07) is 1.98. The molecule has 0 bridgehead atoms. The van der Waals surface area contributed by atoms with E-state index < -0.39 is 21.8 Å². The van der Waals surface area contributed by atoms with Crippen molar-refractivity contribution in [2.45, 2.75) is 18.4 Å². The number of hydrogen-bond donors (Lipinski definition) is 2. The topological polar surface area (TPSA) is 112 Å². The van der Waals surface area contributed by atoms with Crippen molar-refractivity contribution in [3.8, 4) is 6.07 Å². The molecule has 2 N–H and O–H groups in total. The van der Waals surface area contributed by atoms with Crippen LogP contribution in [0.4, 0.5) is 4.79 Å². The number of amides is 1. The Morgan fingerprint density at radius 2 is 2.00 bits per heavy atom. The van der Waals surface area contributed by atoms with E-state index in [0.717, 1.165) is 7.11 Å². The predicted molar refractivity (Wildman–Crippen MR) is 62.7 cm³/mol. The molecular formula is C9H16N4O4S. The van der Waals surface area contributed by atoms with E-state index in [9.17, 15) is 13.2 Å². The number of piperidine rings is 1. The lowest BCUT2D eigenvalue weighted by Gasteiger charge is -2.35. The summed E-state index contributed by atoms with van der Waals surface area (Å²) in [4.78, 5) is 12.9. The van der Waals surface area contributed by atoms with Crippen LogP contribution < -0.4 is 9.44 Å². The van der Waals surface area contributed by atoms with Gasteiger partial charge in [-0.3, -0.25) is 0 Å². The molecule has 0 aromatic rings. The molecule has 0 atom stereocenters. The van der Waals surface area contributed by atoms with Gasteiger partial charge in [0.25, 0.3) is 0 Å². The second kappa shape index (κ2) is 5.51. The molecule has 0 radical (unpaired) electrons. The second-order valence-corrected chi connectivity index (χ2v) is 5.61. The van der Waals surface area contributed by atoms with Crippen LogP contribution in [0.15, 0.2) is 0 Å². The first-order valence-electron chi connectivity index (χ1n) is 5.32. The van der Waals surface area contributed by atoms with Crippen LogP contribution in [-0.2, 0) is 14.9 Å². The van der Waals surface area contributed by atoms with Gasteiger partial charge in [0.15, 0.2) is 0 Å². The molecule has 8 nitrogen and oxygen atoms in total. The number of hydrogen-bond acceptors (Lipinski definition) is 6. The Kier molecular flexibility index (Phi) is 4.50. The Bertz CT molecular complexity index is 448. The van der Waals surface area contributed by atoms with Crippen LogP contribution in [-0.4, -0.2) is 52.2 Å². The fourth-order valence-electron chi connectivity index (χ4n) is 1.67. The smallest absolute Gasteiger partial charge is 0.421 e. The summed E-state index contributed by atoms with van der Waals surface area (Å²) in [5.41, 5.74) is -1.17. The zero-order valence-electron chi connectivity index (χ0n) is 10.3. The van der Waals surface area contributed by atoms with Crippen molar-refractivity contribution in [3.63, 3.8) is 0 Å². The third-order valence-corrected chi connectivity index (χ3v) is 3.88. The van der Waals surface area contributed by atoms with E-state index in [-0.39, 0.29) is 0 Å². The lowest BCUT2D eigenvalue weighted by molar-refractivity contribution is 0.177. The van der Waals surface area contributed by atoms with Crippen molar-refractivity contribution in [2.75, 3.05) is 27.2 Å². The third-order valence-electron chi connectivity index (χ3n) is 2.79. The van der Waals surface area contributed by atoms with Gasteiger partial charge in [-0.2, -0.15) is 18.4 Å². The Morgan fingerprint density at radius 3 is 2.44 bits per heavy atom. The number of carbonyl (C=O) groups is 1. The van der Waals surface area contributed by atoms with Gasteiger partial charge in [-0.15, -0.1) is 0 Å². The van der Waals surface area contributed by atoms with E-state index in [1.54, 1.807) is 4.72 Å². The van der Waals surface area contributed by atoms with Crippen molar-refractivity contribution < 1.29 is 17.9 Å². The average molecular weight is 276 g/mol. The Balaban J connectivity index is 2.75. The van der Waals surface area contributed by atoms with E-state index in [1.165, 1.54) is 0 Å². The van der Waals surface area contributed by atoms with Crippen LogP contribution in [0.2, 0.25) is 0 Å². The van der Waals surface area contributed by atoms with E-state index >= 15 is 0 Å². The number of nitrogens with zero attached hydrogens (tertiary/aromatic N) is 2. The number of nitriles is 1. The largest absolute Gasteiger partial charge is 0.452 e. The Morgan fingerprint density at radius 1 is 1.44 bits per heavy atom. The number of likely N-dealkylation sites (tertiary alicyclic amines) is 1. The molecule has 0 unspecified atom stereocenters. The molecule has 1 aliphatic heterocycles. The molecule has 1 fully saturated rings. The minimum atomic E-state index is -4.10. The van der Waals surface area contributed by atoms with Gasteiger partial charge >= 0.3 is 16.3 Å². The summed E-state index contributed by atoms with van der Waals surface area (Å²) in [5, 5.41) is 9.14. The van der Waals surface area contributed by atoms with E-state index in [2.05, 4.69) is 9.46 Å². The molecule has 0 spiro atoms. The minimum absolute atomic E-state index is 0.363. The van der Waals surface area contributed by atoms with Gasteiger partial charge < -0.3 is 9.64 Å². The number of nitrogens with one attached hydrogen (secondary N) is 2. The highest BCUT2D eigenvalue weighted by Gasteiger charge is 2.38. The first-order valence-corrected chi connectivity index (χ1v) is 6.80. The molecule has 18 heavy (non-hydrogen) atoms. The third kappa shape index (κ3) is 3.83. The monoisotopic (exact) mass is 276 g/mol. The highest BCUT2D eigenvalue weighted by Crippen LogP contribution is 2.21. The van der Waals surface area contributed by atoms with Crippen molar-refractivity contribution in [2.24, 2.45) is 0 Å². The molecule has 102 valence electrons. The lowest BCUT2D eigenvalue weighted by Crippen LogP contribution is -2.57. The van der Waals surface area contributed by atoms with Gasteiger partial charge in [-0.25, -0.2) is 9.52 Å². The summed E-state index contributed by atoms with van der Waals surface area (Å²) in [6.07, 6.45) is -0.368. The van der Waals surface area contributed by atoms with Gasteiger partial charge in [0.05, 0.1) is 13.2 Å². The Labute approximate surface area is 106 Å². The van der Waals surface area contributed by atoms with Crippen molar-refractivity contribution in [1.29, 1.82) is 5.26 Å². The average Bonchev–Trinajstić information content (AvgIpc) is 2.31. The minimum Gasteiger partial charge on any atom is -0.452 e. The maximum Gasteiger partial charge on any atom is 0.421 e. The molecule has 1 amide bonds. The number of ether oxygens (including phenoxy) is 1. The highest BCUT2D eigenvalue weighted by atomic mass is 32.2. The number of rotatable bonds is 3. The summed E-state index contributed by atoms with van der Waals surface area (Å²) in [6.45, 7) is 1.21. The standard InChI is InChI=1S/C9H16N4O4S/c1-13-5-3-9(7-10,4-6-13)12-18(15,16)11-8(14)17-2/h12H,3-6H2,1-2H3,(H,11,14). The van der Waals surface area contributed by atoms with Crippen LogP contribution in [0, 0.1) is 11.3 Å². The first-order chi connectivity index (χ1) is 8.32. The SMILES string of the molecule is COC(=O)NS(=O)(=O)NC1(C#N)CCN(C)CC1. The van der Waals surface area contributed by atoms with Crippen LogP contribution in [0.1, 0.15) is 12.8 Å². The summed E-state index contributed by atoms with van der Waals surface area (Å²) < 4.78 is 31.3. The van der Waals surface area contributed by atoms with Crippen LogP contribution in [0.5, 0.6) is 0 Å². The highest BCUT2D eigenvalue weighted by molar-refractivity contribution is 7.88. The molecular weight excluding hydrogens is 260 g/mol. The molecule has 0 aromatic carbocycles. The molecule has 0 saturated carbocycles. The summed E-state index contributed by atoms with van der Waals surface area (Å²) in [5.74, 6) is 0. The number of methoxy groups -OCH3 is 1. The molecule has 0 aliphatic carbocycles. The predicted octanol–water partition coefficient (Wildman–Crippen LogP) is -0.835. The van der Waals surface area contributed by atoms with Gasteiger partial charge in [-0.1, -0.05) is 0 Å². The van der Waals surface area contributed by atoms with Gasteiger partial charge in [0.2, 0.25) is 0 Å². The fourth-order valence-corrected chi connectivity index (χ4v) is 2.79. The molecule has 1 aliphatic rings. The van der Waals surface area contributed by atoms with E-state index in [1.807, 2.05) is 18.0 Å². The molecule has 0 aromatic heterocycles.